The summed E-state index contributed by atoms with van der Waals surface area (Å²) in [6, 6.07) is 56.5. The van der Waals surface area contributed by atoms with Gasteiger partial charge in [-0.15, -0.1) is 0 Å². The molecule has 0 aliphatic heterocycles. The zero-order valence-electron chi connectivity index (χ0n) is 31.6. The third-order valence-corrected chi connectivity index (χ3v) is 11.7. The fourth-order valence-electron chi connectivity index (χ4n) is 9.14. The van der Waals surface area contributed by atoms with E-state index in [0.29, 0.717) is 17.5 Å². The number of furan rings is 2. The Kier molecular flexibility index (Phi) is 7.17. The maximum atomic E-state index is 6.85. The number of allylic oxidation sites excluding steroid dienone is 1. The molecule has 1 unspecified atom stereocenters. The van der Waals surface area contributed by atoms with E-state index in [1.54, 1.807) is 0 Å². The second-order valence-electron chi connectivity index (χ2n) is 15.2. The minimum absolute atomic E-state index is 0.190. The molecule has 0 bridgehead atoms. The summed E-state index contributed by atoms with van der Waals surface area (Å²) >= 11 is 0. The fourth-order valence-corrected chi connectivity index (χ4v) is 9.14. The first kappa shape index (κ1) is 32.7. The number of nitrogens with zero attached hydrogens (tertiary/aromatic N) is 4. The molecule has 0 spiro atoms. The highest BCUT2D eigenvalue weighted by atomic mass is 16.3. The first-order chi connectivity index (χ1) is 28.7. The molecule has 0 saturated carbocycles. The third kappa shape index (κ3) is 4.95. The van der Waals surface area contributed by atoms with Crippen molar-refractivity contribution in [1.82, 2.24) is 19.5 Å². The molecule has 0 saturated heterocycles. The Hall–Kier alpha value is -7.57. The van der Waals surface area contributed by atoms with Gasteiger partial charge >= 0.3 is 0 Å². The number of hydrogen-bond acceptors (Lipinski definition) is 5. The van der Waals surface area contributed by atoms with E-state index in [9.17, 15) is 0 Å². The quantitative estimate of drug-likeness (QED) is 0.175. The van der Waals surface area contributed by atoms with Crippen molar-refractivity contribution in [2.24, 2.45) is 5.92 Å². The lowest BCUT2D eigenvalue weighted by Gasteiger charge is -2.22. The van der Waals surface area contributed by atoms with Gasteiger partial charge in [-0.05, 0) is 59.9 Å². The van der Waals surface area contributed by atoms with Crippen molar-refractivity contribution >= 4 is 66.4 Å². The Balaban J connectivity index is 1.02. The number of fused-ring (bicyclic) bond motifs is 9. The van der Waals surface area contributed by atoms with Crippen molar-refractivity contribution in [2.45, 2.75) is 13.3 Å². The monoisotopic (exact) mass is 746 g/mol. The normalized spacial score (nSPS) is 14.2. The first-order valence-corrected chi connectivity index (χ1v) is 19.7. The van der Waals surface area contributed by atoms with Crippen LogP contribution in [-0.4, -0.2) is 19.5 Å². The van der Waals surface area contributed by atoms with Crippen molar-refractivity contribution in [3.63, 3.8) is 0 Å². The molecule has 11 aromatic rings. The summed E-state index contributed by atoms with van der Waals surface area (Å²) < 4.78 is 15.9. The van der Waals surface area contributed by atoms with Gasteiger partial charge in [0.15, 0.2) is 23.1 Å². The van der Waals surface area contributed by atoms with E-state index in [1.807, 2.05) is 72.8 Å². The van der Waals surface area contributed by atoms with Crippen LogP contribution in [0.3, 0.4) is 0 Å². The third-order valence-electron chi connectivity index (χ3n) is 11.7. The molecule has 1 aliphatic rings. The Bertz CT molecular complexity index is 3330. The molecule has 12 rings (SSSR count). The van der Waals surface area contributed by atoms with Crippen LogP contribution in [0.25, 0.3) is 106 Å². The van der Waals surface area contributed by atoms with Gasteiger partial charge in [-0.25, -0.2) is 15.0 Å². The van der Waals surface area contributed by atoms with Gasteiger partial charge in [0.2, 0.25) is 0 Å². The van der Waals surface area contributed by atoms with Gasteiger partial charge in [-0.3, -0.25) is 0 Å². The average molecular weight is 747 g/mol. The average Bonchev–Trinajstić information content (AvgIpc) is 3.96. The summed E-state index contributed by atoms with van der Waals surface area (Å²) in [5.74, 6) is 2.95. The predicted octanol–water partition coefficient (Wildman–Crippen LogP) is 13.3. The lowest BCUT2D eigenvalue weighted by atomic mass is 9.81. The zero-order chi connectivity index (χ0) is 38.3. The number of hydrogen-bond donors (Lipinski definition) is 0. The molecule has 1 aliphatic carbocycles. The molecular formula is C52H34N4O2. The van der Waals surface area contributed by atoms with Crippen LogP contribution in [0.2, 0.25) is 0 Å². The van der Waals surface area contributed by atoms with Crippen LogP contribution in [0.1, 0.15) is 23.8 Å². The molecule has 4 aromatic heterocycles. The highest BCUT2D eigenvalue weighted by molar-refractivity contribution is 6.16. The topological polar surface area (TPSA) is 69.9 Å². The standard InChI is InChI=1S/C52H34N4O2/c1-31-29-40-46(57-44-27-14-23-38(48(40)44)52-54-50(32-15-4-2-5-16-32)53-51(55-52)33-17-6-3-7-18-33)30-39(31)36-21-13-28-45-47(36)37-22-12-26-43(49(37)58-45)56-41-24-10-8-19-34(41)35-20-9-11-25-42(35)56/h2-28,30-31H,29H2,1H3. The molecule has 6 nitrogen and oxygen atoms in total. The summed E-state index contributed by atoms with van der Waals surface area (Å²) in [6.45, 7) is 2.31. The van der Waals surface area contributed by atoms with Gasteiger partial charge in [-0.1, -0.05) is 140 Å². The summed E-state index contributed by atoms with van der Waals surface area (Å²) in [6.07, 6.45) is 3.04. The largest absolute Gasteiger partial charge is 0.456 e. The van der Waals surface area contributed by atoms with Crippen molar-refractivity contribution in [3.8, 4) is 39.9 Å². The van der Waals surface area contributed by atoms with E-state index >= 15 is 0 Å². The van der Waals surface area contributed by atoms with Crippen molar-refractivity contribution in [3.05, 3.63) is 181 Å². The highest BCUT2D eigenvalue weighted by Gasteiger charge is 2.29. The lowest BCUT2D eigenvalue weighted by molar-refractivity contribution is 0.587. The van der Waals surface area contributed by atoms with E-state index in [2.05, 4.69) is 109 Å². The zero-order valence-corrected chi connectivity index (χ0v) is 31.6. The molecule has 0 amide bonds. The molecule has 6 heteroatoms. The van der Waals surface area contributed by atoms with Gasteiger partial charge in [0.25, 0.3) is 0 Å². The minimum atomic E-state index is 0.190. The first-order valence-electron chi connectivity index (χ1n) is 19.7. The lowest BCUT2D eigenvalue weighted by Crippen LogP contribution is -2.09. The molecule has 0 fully saturated rings. The van der Waals surface area contributed by atoms with Crippen molar-refractivity contribution in [2.75, 3.05) is 0 Å². The second-order valence-corrected chi connectivity index (χ2v) is 15.2. The Morgan fingerprint density at radius 1 is 0.500 bits per heavy atom. The van der Waals surface area contributed by atoms with E-state index < -0.39 is 0 Å². The molecule has 274 valence electrons. The fraction of sp³-hybridized carbons (Fsp3) is 0.0577. The SMILES string of the molecule is CC1Cc2c(oc3cccc(-c4nc(-c5ccccc5)nc(-c5ccccc5)n4)c23)C=C1c1cccc2oc3c(-n4c5ccccc5c5ccccc54)cccc3c12. The molecule has 4 heterocycles. The van der Waals surface area contributed by atoms with Crippen LogP contribution >= 0.6 is 0 Å². The van der Waals surface area contributed by atoms with Gasteiger partial charge in [0.1, 0.15) is 16.9 Å². The molecule has 7 aromatic carbocycles. The molecule has 1 atom stereocenters. The summed E-state index contributed by atoms with van der Waals surface area (Å²) in [4.78, 5) is 15.1. The maximum Gasteiger partial charge on any atom is 0.164 e. The van der Waals surface area contributed by atoms with Crippen LogP contribution < -0.4 is 0 Å². The van der Waals surface area contributed by atoms with Gasteiger partial charge < -0.3 is 13.4 Å². The Morgan fingerprint density at radius 3 is 1.72 bits per heavy atom. The number of para-hydroxylation sites is 3. The molecule has 0 N–H and O–H groups in total. The Morgan fingerprint density at radius 2 is 1.05 bits per heavy atom. The molecule has 58 heavy (non-hydrogen) atoms. The molecular weight excluding hydrogens is 713 g/mol. The van der Waals surface area contributed by atoms with Crippen LogP contribution in [0.4, 0.5) is 0 Å². The van der Waals surface area contributed by atoms with Gasteiger partial charge in [-0.2, -0.15) is 0 Å². The van der Waals surface area contributed by atoms with E-state index in [1.165, 1.54) is 21.9 Å². The number of rotatable bonds is 5. The van der Waals surface area contributed by atoms with E-state index in [4.69, 9.17) is 23.8 Å². The van der Waals surface area contributed by atoms with E-state index in [0.717, 1.165) is 84.1 Å². The van der Waals surface area contributed by atoms with Gasteiger partial charge in [0.05, 0.1) is 16.7 Å². The highest BCUT2D eigenvalue weighted by Crippen LogP contribution is 2.46. The van der Waals surface area contributed by atoms with Crippen LogP contribution in [-0.2, 0) is 6.42 Å². The smallest absolute Gasteiger partial charge is 0.164 e. The Labute approximate surface area is 333 Å². The predicted molar refractivity (Wildman–Crippen MR) is 235 cm³/mol. The minimum Gasteiger partial charge on any atom is -0.456 e. The molecule has 0 radical (unpaired) electrons. The number of aromatic nitrogens is 4. The van der Waals surface area contributed by atoms with Crippen LogP contribution in [0, 0.1) is 5.92 Å². The summed E-state index contributed by atoms with van der Waals surface area (Å²) in [5.41, 5.74) is 12.3. The van der Waals surface area contributed by atoms with Gasteiger partial charge in [0, 0.05) is 49.2 Å². The number of benzene rings is 7. The van der Waals surface area contributed by atoms with Crippen LogP contribution in [0.15, 0.2) is 173 Å². The second kappa shape index (κ2) is 12.7. The van der Waals surface area contributed by atoms with Crippen LogP contribution in [0.5, 0.6) is 0 Å². The van der Waals surface area contributed by atoms with Crippen molar-refractivity contribution < 1.29 is 8.83 Å². The maximum absolute atomic E-state index is 6.85. The van der Waals surface area contributed by atoms with E-state index in [-0.39, 0.29) is 5.92 Å². The van der Waals surface area contributed by atoms with Crippen molar-refractivity contribution in [1.29, 1.82) is 0 Å². The summed E-state index contributed by atoms with van der Waals surface area (Å²) in [5, 5.41) is 5.70. The summed E-state index contributed by atoms with van der Waals surface area (Å²) in [7, 11) is 0.